The van der Waals surface area contributed by atoms with Crippen LogP contribution >= 0.6 is 0 Å². The van der Waals surface area contributed by atoms with Crippen molar-refractivity contribution in [3.05, 3.63) is 24.7 Å². The zero-order valence-corrected chi connectivity index (χ0v) is 4.52. The second kappa shape index (κ2) is 4.70. The highest BCUT2D eigenvalue weighted by atomic mass is 16.6. The molecule has 1 aromatic heterocycles. The summed E-state index contributed by atoms with van der Waals surface area (Å²) >= 11 is 0. The van der Waals surface area contributed by atoms with Gasteiger partial charge in [0.25, 0.3) is 0 Å². The fraction of sp³-hybridized carbons (Fsp3) is 0. The second-order valence-electron chi connectivity index (χ2n) is 1.08. The second-order valence-corrected chi connectivity index (χ2v) is 1.08. The van der Waals surface area contributed by atoms with Gasteiger partial charge in [-0.05, 0) is 12.1 Å². The van der Waals surface area contributed by atoms with Crippen molar-refractivity contribution in [1.29, 1.82) is 0 Å². The lowest BCUT2D eigenvalue weighted by Gasteiger charge is -1.60. The number of carboxylic acid groups (broad SMARTS) is 2. The van der Waals surface area contributed by atoms with Crippen LogP contribution in [0.15, 0.2) is 29.1 Å². The van der Waals surface area contributed by atoms with E-state index in [2.05, 4.69) is 4.42 Å². The van der Waals surface area contributed by atoms with Crippen molar-refractivity contribution < 1.29 is 19.4 Å². The molecule has 4 heteroatoms. The first-order valence-corrected chi connectivity index (χ1v) is 2.12. The summed E-state index contributed by atoms with van der Waals surface area (Å²) < 4.78 is 4.58. The Morgan fingerprint density at radius 2 is 1.56 bits per heavy atom. The third-order valence-corrected chi connectivity index (χ3v) is 0.425. The molecule has 0 unspecified atom stereocenters. The number of furan rings is 1. The molecule has 0 aliphatic rings. The molecule has 0 atom stereocenters. The lowest BCUT2D eigenvalue weighted by Crippen LogP contribution is -1.81. The molecule has 0 bridgehead atoms. The van der Waals surface area contributed by atoms with Crippen molar-refractivity contribution in [2.75, 3.05) is 0 Å². The number of carbonyl (C=O) groups is 1. The van der Waals surface area contributed by atoms with E-state index in [1.165, 1.54) is 0 Å². The molecule has 0 aliphatic carbocycles. The fourth-order valence-corrected chi connectivity index (χ4v) is 0.227. The monoisotopic (exact) mass is 130 g/mol. The lowest BCUT2D eigenvalue weighted by atomic mass is 10.7. The quantitative estimate of drug-likeness (QED) is 0.558. The predicted molar refractivity (Wildman–Crippen MR) is 29.4 cm³/mol. The molecule has 2 N–H and O–H groups in total. The van der Waals surface area contributed by atoms with Gasteiger partial charge in [-0.3, -0.25) is 0 Å². The first-order valence-electron chi connectivity index (χ1n) is 2.12. The summed E-state index contributed by atoms with van der Waals surface area (Å²) in [6.45, 7) is 0. The summed E-state index contributed by atoms with van der Waals surface area (Å²) in [4.78, 5) is 8.56. The van der Waals surface area contributed by atoms with Gasteiger partial charge >= 0.3 is 6.16 Å². The number of hydrogen-bond acceptors (Lipinski definition) is 2. The van der Waals surface area contributed by atoms with Crippen LogP contribution in [-0.2, 0) is 0 Å². The maximum absolute atomic E-state index is 8.56. The molecule has 0 aromatic carbocycles. The van der Waals surface area contributed by atoms with Crippen LogP contribution in [0, 0.1) is 0 Å². The Hall–Kier alpha value is -1.45. The maximum Gasteiger partial charge on any atom is 0.503 e. The van der Waals surface area contributed by atoms with E-state index < -0.39 is 6.16 Å². The Labute approximate surface area is 51.3 Å². The van der Waals surface area contributed by atoms with Crippen molar-refractivity contribution in [2.45, 2.75) is 0 Å². The summed E-state index contributed by atoms with van der Waals surface area (Å²) in [5.41, 5.74) is 0. The van der Waals surface area contributed by atoms with E-state index in [0.717, 1.165) is 0 Å². The van der Waals surface area contributed by atoms with E-state index in [4.69, 9.17) is 15.0 Å². The molecule has 9 heavy (non-hydrogen) atoms. The molecule has 1 aromatic rings. The molecular weight excluding hydrogens is 124 g/mol. The first-order chi connectivity index (χ1) is 4.23. The van der Waals surface area contributed by atoms with Gasteiger partial charge in [0.05, 0.1) is 12.5 Å². The fourth-order valence-electron chi connectivity index (χ4n) is 0.227. The Bertz CT molecular complexity index is 123. The van der Waals surface area contributed by atoms with Crippen LogP contribution < -0.4 is 0 Å². The Morgan fingerprint density at radius 3 is 1.67 bits per heavy atom. The zero-order chi connectivity index (χ0) is 7.11. The van der Waals surface area contributed by atoms with Gasteiger partial charge in [0, 0.05) is 0 Å². The SMILES string of the molecule is O=C(O)O.c1ccoc1. The summed E-state index contributed by atoms with van der Waals surface area (Å²) in [7, 11) is 0. The molecule has 0 aliphatic heterocycles. The van der Waals surface area contributed by atoms with Crippen LogP contribution in [0.5, 0.6) is 0 Å². The van der Waals surface area contributed by atoms with Crippen LogP contribution in [0.1, 0.15) is 0 Å². The van der Waals surface area contributed by atoms with Crippen LogP contribution in [0.4, 0.5) is 4.79 Å². The molecule has 0 saturated heterocycles. The standard InChI is InChI=1S/C4H4O.CH2O3/c1-2-4-5-3-1;2-1(3)4/h1-4H;(H2,2,3,4). The maximum atomic E-state index is 8.56. The van der Waals surface area contributed by atoms with Crippen molar-refractivity contribution in [1.82, 2.24) is 0 Å². The third-order valence-electron chi connectivity index (χ3n) is 0.425. The minimum absolute atomic E-state index is 1.62. The molecule has 0 saturated carbocycles. The lowest BCUT2D eigenvalue weighted by molar-refractivity contribution is 0.137. The minimum atomic E-state index is -1.83. The topological polar surface area (TPSA) is 70.7 Å². The highest BCUT2D eigenvalue weighted by molar-refractivity contribution is 5.53. The Kier molecular flexibility index (Phi) is 3.95. The zero-order valence-electron chi connectivity index (χ0n) is 4.52. The van der Waals surface area contributed by atoms with E-state index in [-0.39, 0.29) is 0 Å². The molecule has 0 amide bonds. The van der Waals surface area contributed by atoms with Crippen molar-refractivity contribution in [3.63, 3.8) is 0 Å². The van der Waals surface area contributed by atoms with Gasteiger partial charge in [0.1, 0.15) is 0 Å². The van der Waals surface area contributed by atoms with Crippen LogP contribution in [0.2, 0.25) is 0 Å². The van der Waals surface area contributed by atoms with Gasteiger partial charge in [0.15, 0.2) is 0 Å². The Balaban J connectivity index is 0.000000148. The van der Waals surface area contributed by atoms with Crippen molar-refractivity contribution >= 4 is 6.16 Å². The average molecular weight is 130 g/mol. The molecule has 4 nitrogen and oxygen atoms in total. The third kappa shape index (κ3) is 10.8. The Morgan fingerprint density at radius 1 is 1.22 bits per heavy atom. The number of hydrogen-bond donors (Lipinski definition) is 2. The summed E-state index contributed by atoms with van der Waals surface area (Å²) in [5.74, 6) is 0. The highest BCUT2D eigenvalue weighted by Gasteiger charge is 1.70. The highest BCUT2D eigenvalue weighted by Crippen LogP contribution is 1.79. The van der Waals surface area contributed by atoms with E-state index in [1.54, 1.807) is 12.5 Å². The van der Waals surface area contributed by atoms with Crippen LogP contribution in [0.25, 0.3) is 0 Å². The molecule has 0 fully saturated rings. The molecule has 0 radical (unpaired) electrons. The van der Waals surface area contributed by atoms with Gasteiger partial charge in [-0.25, -0.2) is 4.79 Å². The predicted octanol–water partition coefficient (Wildman–Crippen LogP) is 1.50. The largest absolute Gasteiger partial charge is 0.503 e. The molecule has 1 heterocycles. The van der Waals surface area contributed by atoms with Gasteiger partial charge in [-0.2, -0.15) is 0 Å². The minimum Gasteiger partial charge on any atom is -0.473 e. The average Bonchev–Trinajstić information content (AvgIpc) is 2.11. The normalized spacial score (nSPS) is 7.11. The summed E-state index contributed by atoms with van der Waals surface area (Å²) in [5, 5.41) is 13.9. The van der Waals surface area contributed by atoms with E-state index >= 15 is 0 Å². The van der Waals surface area contributed by atoms with Gasteiger partial charge in [-0.1, -0.05) is 0 Å². The van der Waals surface area contributed by atoms with E-state index in [9.17, 15) is 0 Å². The molecular formula is C5H6O4. The van der Waals surface area contributed by atoms with Crippen LogP contribution in [0.3, 0.4) is 0 Å². The van der Waals surface area contributed by atoms with Crippen LogP contribution in [-0.4, -0.2) is 16.4 Å². The summed E-state index contributed by atoms with van der Waals surface area (Å²) in [6, 6.07) is 3.67. The molecule has 1 rings (SSSR count). The summed E-state index contributed by atoms with van der Waals surface area (Å²) in [6.07, 6.45) is 1.42. The van der Waals surface area contributed by atoms with Crippen molar-refractivity contribution in [2.24, 2.45) is 0 Å². The van der Waals surface area contributed by atoms with E-state index in [0.29, 0.717) is 0 Å². The van der Waals surface area contributed by atoms with Gasteiger partial charge < -0.3 is 14.6 Å². The van der Waals surface area contributed by atoms with Gasteiger partial charge in [-0.15, -0.1) is 0 Å². The smallest absolute Gasteiger partial charge is 0.473 e. The number of rotatable bonds is 0. The molecule has 0 spiro atoms. The van der Waals surface area contributed by atoms with Gasteiger partial charge in [0.2, 0.25) is 0 Å². The molecule has 50 valence electrons. The van der Waals surface area contributed by atoms with Crippen molar-refractivity contribution in [3.8, 4) is 0 Å². The van der Waals surface area contributed by atoms with E-state index in [1.807, 2.05) is 12.1 Å². The first kappa shape index (κ1) is 7.55.